The van der Waals surface area contributed by atoms with Gasteiger partial charge in [-0.05, 0) is 68.3 Å². The van der Waals surface area contributed by atoms with Crippen molar-refractivity contribution in [1.82, 2.24) is 4.31 Å². The zero-order valence-electron chi connectivity index (χ0n) is 16.7. The van der Waals surface area contributed by atoms with Crippen LogP contribution in [0.3, 0.4) is 0 Å². The van der Waals surface area contributed by atoms with Gasteiger partial charge in [0, 0.05) is 5.69 Å². The van der Waals surface area contributed by atoms with Crippen molar-refractivity contribution >= 4 is 21.6 Å². The summed E-state index contributed by atoms with van der Waals surface area (Å²) in [6, 6.07) is 15.5. The Hall–Kier alpha value is -2.90. The number of hydrogen-bond acceptors (Lipinski definition) is 4. The van der Waals surface area contributed by atoms with Gasteiger partial charge in [-0.15, -0.1) is 0 Å². The van der Waals surface area contributed by atoms with Gasteiger partial charge in [0.2, 0.25) is 15.9 Å². The Morgan fingerprint density at radius 2 is 1.72 bits per heavy atom. The lowest BCUT2D eigenvalue weighted by molar-refractivity contribution is -0.116. The van der Waals surface area contributed by atoms with E-state index in [1.807, 2.05) is 32.9 Å². The standard InChI is InChI=1S/C22H24N2O4S/c1-16-6-10-21(11-7-16)29(26,27)24(14-20-5-4-12-28-20)15-22(25)23-19-9-8-17(2)18(3)13-19/h4-13H,14-15H2,1-3H3,(H,23,25). The second-order valence-electron chi connectivity index (χ2n) is 7.01. The van der Waals surface area contributed by atoms with Gasteiger partial charge < -0.3 is 9.73 Å². The lowest BCUT2D eigenvalue weighted by Crippen LogP contribution is -2.37. The summed E-state index contributed by atoms with van der Waals surface area (Å²) in [7, 11) is -3.88. The number of carbonyl (C=O) groups excluding carboxylic acids is 1. The summed E-state index contributed by atoms with van der Waals surface area (Å²) in [5, 5.41) is 2.78. The second kappa shape index (κ2) is 8.63. The highest BCUT2D eigenvalue weighted by Gasteiger charge is 2.27. The van der Waals surface area contributed by atoms with Gasteiger partial charge in [-0.25, -0.2) is 8.42 Å². The van der Waals surface area contributed by atoms with E-state index >= 15 is 0 Å². The van der Waals surface area contributed by atoms with Gasteiger partial charge in [-0.2, -0.15) is 4.31 Å². The van der Waals surface area contributed by atoms with Crippen LogP contribution >= 0.6 is 0 Å². The van der Waals surface area contributed by atoms with E-state index in [-0.39, 0.29) is 18.0 Å². The second-order valence-corrected chi connectivity index (χ2v) is 8.95. The van der Waals surface area contributed by atoms with Crippen molar-refractivity contribution < 1.29 is 17.6 Å². The lowest BCUT2D eigenvalue weighted by Gasteiger charge is -2.21. The third-order valence-electron chi connectivity index (χ3n) is 4.68. The van der Waals surface area contributed by atoms with Crippen LogP contribution < -0.4 is 5.32 Å². The summed E-state index contributed by atoms with van der Waals surface area (Å²) in [6.07, 6.45) is 1.47. The number of carbonyl (C=O) groups is 1. The Labute approximate surface area is 171 Å². The molecule has 152 valence electrons. The van der Waals surface area contributed by atoms with Gasteiger partial charge in [0.15, 0.2) is 0 Å². The number of aryl methyl sites for hydroxylation is 3. The molecule has 7 heteroatoms. The molecular formula is C22H24N2O4S. The van der Waals surface area contributed by atoms with Gasteiger partial charge in [-0.1, -0.05) is 23.8 Å². The summed E-state index contributed by atoms with van der Waals surface area (Å²) in [4.78, 5) is 12.8. The average molecular weight is 413 g/mol. The minimum absolute atomic E-state index is 0.0381. The number of amides is 1. The molecule has 1 aromatic heterocycles. The lowest BCUT2D eigenvalue weighted by atomic mass is 10.1. The van der Waals surface area contributed by atoms with E-state index in [1.165, 1.54) is 6.26 Å². The van der Waals surface area contributed by atoms with E-state index in [0.29, 0.717) is 11.4 Å². The van der Waals surface area contributed by atoms with Crippen LogP contribution in [0.25, 0.3) is 0 Å². The Balaban J connectivity index is 1.83. The fourth-order valence-electron chi connectivity index (χ4n) is 2.84. The molecule has 0 atom stereocenters. The molecule has 0 aliphatic rings. The topological polar surface area (TPSA) is 79.6 Å². The quantitative estimate of drug-likeness (QED) is 0.635. The van der Waals surface area contributed by atoms with Gasteiger partial charge in [-0.3, -0.25) is 4.79 Å². The molecule has 1 amide bonds. The molecule has 0 radical (unpaired) electrons. The maximum absolute atomic E-state index is 13.2. The van der Waals surface area contributed by atoms with Crippen LogP contribution in [-0.4, -0.2) is 25.2 Å². The first-order valence-corrected chi connectivity index (χ1v) is 10.7. The maximum Gasteiger partial charge on any atom is 0.243 e. The molecule has 0 saturated heterocycles. The fourth-order valence-corrected chi connectivity index (χ4v) is 4.20. The minimum atomic E-state index is -3.88. The Kier molecular flexibility index (Phi) is 6.20. The highest BCUT2D eigenvalue weighted by molar-refractivity contribution is 7.89. The van der Waals surface area contributed by atoms with Crippen molar-refractivity contribution in [3.63, 3.8) is 0 Å². The van der Waals surface area contributed by atoms with Crippen LogP contribution in [0, 0.1) is 20.8 Å². The fraction of sp³-hybridized carbons (Fsp3) is 0.227. The molecular weight excluding hydrogens is 388 g/mol. The van der Waals surface area contributed by atoms with Crippen molar-refractivity contribution in [2.75, 3.05) is 11.9 Å². The smallest absolute Gasteiger partial charge is 0.243 e. The maximum atomic E-state index is 13.2. The summed E-state index contributed by atoms with van der Waals surface area (Å²) < 4.78 is 32.7. The van der Waals surface area contributed by atoms with Gasteiger partial charge in [0.25, 0.3) is 0 Å². The number of nitrogens with zero attached hydrogens (tertiary/aromatic N) is 1. The zero-order valence-corrected chi connectivity index (χ0v) is 17.5. The molecule has 0 spiro atoms. The van der Waals surface area contributed by atoms with Crippen LogP contribution in [0.1, 0.15) is 22.5 Å². The van der Waals surface area contributed by atoms with Gasteiger partial charge in [0.05, 0.1) is 24.2 Å². The Morgan fingerprint density at radius 3 is 2.34 bits per heavy atom. The van der Waals surface area contributed by atoms with E-state index < -0.39 is 15.9 Å². The largest absolute Gasteiger partial charge is 0.468 e. The SMILES string of the molecule is Cc1ccc(S(=O)(=O)N(CC(=O)Nc2ccc(C)c(C)c2)Cc2ccco2)cc1. The van der Waals surface area contributed by atoms with Crippen LogP contribution in [0.2, 0.25) is 0 Å². The predicted molar refractivity (Wildman–Crippen MR) is 112 cm³/mol. The average Bonchev–Trinajstić information content (AvgIpc) is 3.18. The summed E-state index contributed by atoms with van der Waals surface area (Å²) in [6.45, 7) is 5.46. The molecule has 0 unspecified atom stereocenters. The van der Waals surface area contributed by atoms with Crippen LogP contribution in [0.4, 0.5) is 5.69 Å². The summed E-state index contributed by atoms with van der Waals surface area (Å²) in [5.41, 5.74) is 3.74. The van der Waals surface area contributed by atoms with Crippen molar-refractivity contribution in [3.8, 4) is 0 Å². The molecule has 0 fully saturated rings. The molecule has 29 heavy (non-hydrogen) atoms. The van der Waals surface area contributed by atoms with Crippen molar-refractivity contribution in [2.45, 2.75) is 32.2 Å². The first-order chi connectivity index (χ1) is 13.8. The molecule has 3 rings (SSSR count). The van der Waals surface area contributed by atoms with Crippen LogP contribution in [-0.2, 0) is 21.4 Å². The molecule has 3 aromatic rings. The number of sulfonamides is 1. The van der Waals surface area contributed by atoms with E-state index in [0.717, 1.165) is 21.0 Å². The normalized spacial score (nSPS) is 11.6. The van der Waals surface area contributed by atoms with E-state index in [2.05, 4.69) is 5.32 Å². The number of anilines is 1. The first kappa shape index (κ1) is 20.8. The number of nitrogens with one attached hydrogen (secondary N) is 1. The Morgan fingerprint density at radius 1 is 1.00 bits per heavy atom. The predicted octanol–water partition coefficient (Wildman–Crippen LogP) is 4.03. The molecule has 2 aromatic carbocycles. The third kappa shape index (κ3) is 5.13. The number of hydrogen-bond donors (Lipinski definition) is 1. The number of rotatable bonds is 7. The van der Waals surface area contributed by atoms with Crippen LogP contribution in [0.15, 0.2) is 70.2 Å². The van der Waals surface area contributed by atoms with Gasteiger partial charge >= 0.3 is 0 Å². The first-order valence-electron chi connectivity index (χ1n) is 9.22. The molecule has 0 aliphatic carbocycles. The molecule has 1 N–H and O–H groups in total. The highest BCUT2D eigenvalue weighted by Crippen LogP contribution is 2.20. The van der Waals surface area contributed by atoms with E-state index in [4.69, 9.17) is 4.42 Å². The monoisotopic (exact) mass is 412 g/mol. The third-order valence-corrected chi connectivity index (χ3v) is 6.49. The Bertz CT molecular complexity index is 1090. The van der Waals surface area contributed by atoms with E-state index in [1.54, 1.807) is 42.5 Å². The number of furan rings is 1. The van der Waals surface area contributed by atoms with Gasteiger partial charge in [0.1, 0.15) is 5.76 Å². The summed E-state index contributed by atoms with van der Waals surface area (Å²) in [5.74, 6) is 0.0372. The zero-order chi connectivity index (χ0) is 21.0. The van der Waals surface area contributed by atoms with Crippen molar-refractivity contribution in [2.24, 2.45) is 0 Å². The number of benzene rings is 2. The molecule has 6 nitrogen and oxygen atoms in total. The van der Waals surface area contributed by atoms with Crippen molar-refractivity contribution in [1.29, 1.82) is 0 Å². The molecule has 1 heterocycles. The van der Waals surface area contributed by atoms with Crippen LogP contribution in [0.5, 0.6) is 0 Å². The van der Waals surface area contributed by atoms with E-state index in [9.17, 15) is 13.2 Å². The summed E-state index contributed by atoms with van der Waals surface area (Å²) >= 11 is 0. The molecule has 0 aliphatic heterocycles. The highest BCUT2D eigenvalue weighted by atomic mass is 32.2. The van der Waals surface area contributed by atoms with Crippen molar-refractivity contribution in [3.05, 3.63) is 83.3 Å². The molecule has 0 bridgehead atoms. The molecule has 0 saturated carbocycles. The minimum Gasteiger partial charge on any atom is -0.468 e.